The molecule has 0 radical (unpaired) electrons. The van der Waals surface area contributed by atoms with Gasteiger partial charge in [-0.1, -0.05) is 60.7 Å². The molecule has 0 bridgehead atoms. The van der Waals surface area contributed by atoms with Gasteiger partial charge in [0.2, 0.25) is 0 Å². The smallest absolute Gasteiger partial charge is 0.173 e. The monoisotopic (exact) mass is 276 g/mol. The fourth-order valence-corrected chi connectivity index (χ4v) is 2.73. The molecule has 0 aromatic heterocycles. The maximum atomic E-state index is 12.4. The first kappa shape index (κ1) is 13.5. The van der Waals surface area contributed by atoms with Gasteiger partial charge in [0, 0.05) is 5.56 Å². The molecule has 3 rings (SSSR count). The second-order valence-electron chi connectivity index (χ2n) is 5.26. The van der Waals surface area contributed by atoms with Crippen molar-refractivity contribution in [2.75, 3.05) is 0 Å². The van der Waals surface area contributed by atoms with Crippen LogP contribution in [0.4, 0.5) is 0 Å². The number of aryl methyl sites for hydroxylation is 1. The number of carbonyl (C=O) groups excluding carboxylic acids is 2. The third-order valence-corrected chi connectivity index (χ3v) is 3.88. The minimum atomic E-state index is -0.528. The Morgan fingerprint density at radius 1 is 1.00 bits per heavy atom. The zero-order chi connectivity index (χ0) is 14.7. The van der Waals surface area contributed by atoms with Crippen molar-refractivity contribution in [3.63, 3.8) is 0 Å². The molecule has 21 heavy (non-hydrogen) atoms. The van der Waals surface area contributed by atoms with Gasteiger partial charge in [-0.3, -0.25) is 9.59 Å². The molecule has 0 fully saturated rings. The summed E-state index contributed by atoms with van der Waals surface area (Å²) in [5.74, 6) is -0.669. The molecule has 0 heterocycles. The summed E-state index contributed by atoms with van der Waals surface area (Å²) < 4.78 is 0. The van der Waals surface area contributed by atoms with E-state index in [1.165, 1.54) is 6.08 Å². The number of carbonyl (C=O) groups is 2. The third kappa shape index (κ3) is 2.84. The number of fused-ring (bicyclic) bond motifs is 1. The molecule has 1 aliphatic rings. The van der Waals surface area contributed by atoms with Gasteiger partial charge in [0.1, 0.15) is 0 Å². The molecule has 104 valence electrons. The van der Waals surface area contributed by atoms with E-state index in [9.17, 15) is 9.59 Å². The summed E-state index contributed by atoms with van der Waals surface area (Å²) in [5.41, 5.74) is 2.73. The number of allylic oxidation sites excluding steroid dienone is 1. The molecule has 2 aromatic rings. The first-order chi connectivity index (χ1) is 10.3. The maximum Gasteiger partial charge on any atom is 0.173 e. The molecule has 0 N–H and O–H groups in total. The summed E-state index contributed by atoms with van der Waals surface area (Å²) in [6, 6.07) is 17.2. The Balaban J connectivity index is 1.78. The van der Waals surface area contributed by atoms with E-state index in [2.05, 4.69) is 0 Å². The SMILES string of the molecule is O=C(C=Cc1ccccc1)C1CCc2ccccc2C1=O. The zero-order valence-corrected chi connectivity index (χ0v) is 11.7. The van der Waals surface area contributed by atoms with Crippen LogP contribution >= 0.6 is 0 Å². The van der Waals surface area contributed by atoms with Crippen molar-refractivity contribution < 1.29 is 9.59 Å². The third-order valence-electron chi connectivity index (χ3n) is 3.88. The Kier molecular flexibility index (Phi) is 3.78. The molecule has 1 atom stereocenters. The van der Waals surface area contributed by atoms with Gasteiger partial charge in [-0.15, -0.1) is 0 Å². The van der Waals surface area contributed by atoms with Gasteiger partial charge < -0.3 is 0 Å². The number of ketones is 2. The number of hydrogen-bond donors (Lipinski definition) is 0. The molecular weight excluding hydrogens is 260 g/mol. The van der Waals surface area contributed by atoms with E-state index in [1.54, 1.807) is 6.08 Å². The van der Waals surface area contributed by atoms with Crippen molar-refractivity contribution in [1.82, 2.24) is 0 Å². The Morgan fingerprint density at radius 3 is 2.52 bits per heavy atom. The first-order valence-corrected chi connectivity index (χ1v) is 7.15. The molecule has 0 amide bonds. The fourth-order valence-electron chi connectivity index (χ4n) is 2.73. The largest absolute Gasteiger partial charge is 0.294 e. The molecule has 1 unspecified atom stereocenters. The lowest BCUT2D eigenvalue weighted by Crippen LogP contribution is -2.28. The van der Waals surface area contributed by atoms with Gasteiger partial charge in [-0.2, -0.15) is 0 Å². The molecule has 2 heteroatoms. The number of hydrogen-bond acceptors (Lipinski definition) is 2. The van der Waals surface area contributed by atoms with E-state index in [0.29, 0.717) is 12.0 Å². The van der Waals surface area contributed by atoms with Crippen molar-refractivity contribution in [3.05, 3.63) is 77.4 Å². The summed E-state index contributed by atoms with van der Waals surface area (Å²) in [5, 5.41) is 0. The lowest BCUT2D eigenvalue weighted by Gasteiger charge is -2.21. The summed E-state index contributed by atoms with van der Waals surface area (Å²) in [7, 11) is 0. The van der Waals surface area contributed by atoms with Crippen molar-refractivity contribution in [2.45, 2.75) is 12.8 Å². The Morgan fingerprint density at radius 2 is 1.71 bits per heavy atom. The minimum absolute atomic E-state index is 0.0421. The molecule has 2 nitrogen and oxygen atoms in total. The zero-order valence-electron chi connectivity index (χ0n) is 11.7. The van der Waals surface area contributed by atoms with Crippen LogP contribution in [0.3, 0.4) is 0 Å². The van der Waals surface area contributed by atoms with Gasteiger partial charge in [-0.25, -0.2) is 0 Å². The average molecular weight is 276 g/mol. The van der Waals surface area contributed by atoms with Crippen LogP contribution in [0, 0.1) is 5.92 Å². The van der Waals surface area contributed by atoms with Crippen LogP contribution in [0.15, 0.2) is 60.7 Å². The highest BCUT2D eigenvalue weighted by Crippen LogP contribution is 2.26. The van der Waals surface area contributed by atoms with E-state index >= 15 is 0 Å². The van der Waals surface area contributed by atoms with Crippen LogP contribution in [-0.4, -0.2) is 11.6 Å². The Bertz CT molecular complexity index is 699. The molecule has 0 spiro atoms. The predicted molar refractivity (Wildman–Crippen MR) is 83.1 cm³/mol. The lowest BCUT2D eigenvalue weighted by atomic mass is 9.80. The van der Waals surface area contributed by atoms with Crippen molar-refractivity contribution in [3.8, 4) is 0 Å². The number of Topliss-reactive ketones (excluding diaryl/α,β-unsaturated/α-hetero) is 1. The first-order valence-electron chi connectivity index (χ1n) is 7.15. The Hall–Kier alpha value is -2.48. The van der Waals surface area contributed by atoms with Gasteiger partial charge in [0.25, 0.3) is 0 Å². The second-order valence-corrected chi connectivity index (χ2v) is 5.26. The summed E-state index contributed by atoms with van der Waals surface area (Å²) >= 11 is 0. The standard InChI is InChI=1S/C19H16O2/c20-18(13-10-14-6-2-1-3-7-14)17-12-11-15-8-4-5-9-16(15)19(17)21/h1-10,13,17H,11-12H2. The summed E-state index contributed by atoms with van der Waals surface area (Å²) in [6.45, 7) is 0. The van der Waals surface area contributed by atoms with Crippen LogP contribution < -0.4 is 0 Å². The highest BCUT2D eigenvalue weighted by Gasteiger charge is 2.30. The quantitative estimate of drug-likeness (QED) is 0.632. The number of benzene rings is 2. The van der Waals surface area contributed by atoms with E-state index in [4.69, 9.17) is 0 Å². The maximum absolute atomic E-state index is 12.4. The molecule has 1 aliphatic carbocycles. The molecule has 0 saturated heterocycles. The molecule has 0 aliphatic heterocycles. The second kappa shape index (κ2) is 5.88. The van der Waals surface area contributed by atoms with Crippen molar-refractivity contribution >= 4 is 17.6 Å². The highest BCUT2D eigenvalue weighted by atomic mass is 16.1. The van der Waals surface area contributed by atoms with Crippen LogP contribution in [0.2, 0.25) is 0 Å². The normalized spacial score (nSPS) is 17.7. The fraction of sp³-hybridized carbons (Fsp3) is 0.158. The summed E-state index contributed by atoms with van der Waals surface area (Å²) in [6.07, 6.45) is 4.70. The van der Waals surface area contributed by atoms with Crippen molar-refractivity contribution in [2.24, 2.45) is 5.92 Å². The van der Waals surface area contributed by atoms with Gasteiger partial charge in [0.05, 0.1) is 5.92 Å². The van der Waals surface area contributed by atoms with Crippen LogP contribution in [0.25, 0.3) is 6.08 Å². The average Bonchev–Trinajstić information content (AvgIpc) is 2.54. The molecule has 0 saturated carbocycles. The van der Waals surface area contributed by atoms with Crippen LogP contribution in [0.5, 0.6) is 0 Å². The van der Waals surface area contributed by atoms with Gasteiger partial charge in [0.15, 0.2) is 11.6 Å². The highest BCUT2D eigenvalue weighted by molar-refractivity contribution is 6.16. The predicted octanol–water partition coefficient (Wildman–Crippen LogP) is 3.71. The molecule has 2 aromatic carbocycles. The number of rotatable bonds is 3. The minimum Gasteiger partial charge on any atom is -0.294 e. The Labute approximate surface area is 124 Å². The van der Waals surface area contributed by atoms with Crippen LogP contribution in [0.1, 0.15) is 27.9 Å². The van der Waals surface area contributed by atoms with Crippen LogP contribution in [-0.2, 0) is 11.2 Å². The van der Waals surface area contributed by atoms with E-state index < -0.39 is 5.92 Å². The topological polar surface area (TPSA) is 34.1 Å². The summed E-state index contributed by atoms with van der Waals surface area (Å²) in [4.78, 5) is 24.7. The molecular formula is C19H16O2. The van der Waals surface area contributed by atoms with E-state index in [-0.39, 0.29) is 11.6 Å². The lowest BCUT2D eigenvalue weighted by molar-refractivity contribution is -0.117. The van der Waals surface area contributed by atoms with E-state index in [0.717, 1.165) is 17.5 Å². The van der Waals surface area contributed by atoms with Gasteiger partial charge >= 0.3 is 0 Å². The van der Waals surface area contributed by atoms with Crippen molar-refractivity contribution in [1.29, 1.82) is 0 Å². The van der Waals surface area contributed by atoms with E-state index in [1.807, 2.05) is 54.6 Å². The van der Waals surface area contributed by atoms with Gasteiger partial charge in [-0.05, 0) is 30.0 Å².